The summed E-state index contributed by atoms with van der Waals surface area (Å²) in [6.07, 6.45) is 10.9. The van der Waals surface area contributed by atoms with Gasteiger partial charge in [-0.1, -0.05) is 19.3 Å². The summed E-state index contributed by atoms with van der Waals surface area (Å²) < 4.78 is 0. The maximum atomic E-state index is 12.5. The van der Waals surface area contributed by atoms with Gasteiger partial charge in [-0.3, -0.25) is 4.79 Å². The van der Waals surface area contributed by atoms with E-state index in [1.807, 2.05) is 18.7 Å². The van der Waals surface area contributed by atoms with Crippen molar-refractivity contribution in [3.63, 3.8) is 0 Å². The molecule has 0 aromatic carbocycles. The lowest BCUT2D eigenvalue weighted by Crippen LogP contribution is -2.52. The maximum absolute atomic E-state index is 12.5. The minimum atomic E-state index is -0.734. The van der Waals surface area contributed by atoms with Crippen LogP contribution in [0.25, 0.3) is 0 Å². The zero-order valence-electron chi connectivity index (χ0n) is 15.1. The number of hydrogen-bond donors (Lipinski definition) is 1. The molecule has 1 unspecified atom stereocenters. The second-order valence-electron chi connectivity index (χ2n) is 9.04. The van der Waals surface area contributed by atoms with Gasteiger partial charge in [0.1, 0.15) is 0 Å². The van der Waals surface area contributed by atoms with Crippen LogP contribution in [0.4, 0.5) is 0 Å². The van der Waals surface area contributed by atoms with Crippen molar-refractivity contribution in [2.75, 3.05) is 32.7 Å². The molecule has 0 aromatic rings. The Hall–Kier alpha value is -0.610. The number of likely N-dealkylation sites (tertiary alicyclic amines) is 2. The molecule has 1 amide bonds. The molecule has 23 heavy (non-hydrogen) atoms. The Kier molecular flexibility index (Phi) is 5.03. The highest BCUT2D eigenvalue weighted by Gasteiger charge is 2.44. The largest absolute Gasteiger partial charge is 0.340 e. The van der Waals surface area contributed by atoms with Crippen molar-refractivity contribution >= 4 is 5.91 Å². The van der Waals surface area contributed by atoms with Crippen molar-refractivity contribution in [1.29, 1.82) is 0 Å². The van der Waals surface area contributed by atoms with E-state index in [-0.39, 0.29) is 5.91 Å². The average Bonchev–Trinajstić information content (AvgIpc) is 2.90. The molecule has 3 rings (SSSR count). The number of piperidine rings is 1. The molecule has 2 aliphatic heterocycles. The van der Waals surface area contributed by atoms with Crippen LogP contribution >= 0.6 is 0 Å². The van der Waals surface area contributed by atoms with Gasteiger partial charge in [0.2, 0.25) is 5.91 Å². The summed E-state index contributed by atoms with van der Waals surface area (Å²) in [6.45, 7) is 9.22. The summed E-state index contributed by atoms with van der Waals surface area (Å²) in [7, 11) is 0. The van der Waals surface area contributed by atoms with Crippen LogP contribution in [-0.4, -0.2) is 54.0 Å². The molecule has 4 heteroatoms. The summed E-state index contributed by atoms with van der Waals surface area (Å²) in [4.78, 5) is 17.2. The number of nitrogens with two attached hydrogens (primary N) is 1. The zero-order chi connectivity index (χ0) is 16.5. The number of carbonyl (C=O) groups excluding carboxylic acids is 1. The van der Waals surface area contributed by atoms with Crippen molar-refractivity contribution in [3.05, 3.63) is 0 Å². The van der Waals surface area contributed by atoms with Crippen LogP contribution in [0.1, 0.15) is 65.2 Å². The SMILES string of the molecule is CC(C)(N)C(=O)N1CCC2(CCCN(CC3CCCCC3)C2)C1. The Bertz CT molecular complexity index is 425. The molecule has 3 aliphatic rings. The molecule has 1 atom stereocenters. The Morgan fingerprint density at radius 3 is 2.52 bits per heavy atom. The van der Waals surface area contributed by atoms with E-state index in [0.29, 0.717) is 5.41 Å². The minimum absolute atomic E-state index is 0.124. The van der Waals surface area contributed by atoms with Gasteiger partial charge >= 0.3 is 0 Å². The van der Waals surface area contributed by atoms with Gasteiger partial charge in [-0.05, 0) is 58.4 Å². The summed E-state index contributed by atoms with van der Waals surface area (Å²) in [5, 5.41) is 0. The molecule has 0 aromatic heterocycles. The summed E-state index contributed by atoms with van der Waals surface area (Å²) in [5.74, 6) is 1.04. The summed E-state index contributed by atoms with van der Waals surface area (Å²) in [5.41, 5.74) is 5.63. The van der Waals surface area contributed by atoms with E-state index < -0.39 is 5.54 Å². The van der Waals surface area contributed by atoms with Gasteiger partial charge < -0.3 is 15.5 Å². The van der Waals surface area contributed by atoms with E-state index >= 15 is 0 Å². The molecule has 0 bridgehead atoms. The van der Waals surface area contributed by atoms with E-state index in [4.69, 9.17) is 5.73 Å². The molecule has 0 radical (unpaired) electrons. The highest BCUT2D eigenvalue weighted by Crippen LogP contribution is 2.40. The van der Waals surface area contributed by atoms with Crippen molar-refractivity contribution in [2.45, 2.75) is 70.8 Å². The smallest absolute Gasteiger partial charge is 0.242 e. The van der Waals surface area contributed by atoms with E-state index in [9.17, 15) is 4.79 Å². The fourth-order valence-corrected chi connectivity index (χ4v) is 5.05. The molecule has 1 saturated carbocycles. The summed E-state index contributed by atoms with van der Waals surface area (Å²) in [6, 6.07) is 0. The second-order valence-corrected chi connectivity index (χ2v) is 9.04. The number of carbonyl (C=O) groups is 1. The number of hydrogen-bond acceptors (Lipinski definition) is 3. The lowest BCUT2D eigenvalue weighted by atomic mass is 9.78. The van der Waals surface area contributed by atoms with Crippen LogP contribution in [0.15, 0.2) is 0 Å². The van der Waals surface area contributed by atoms with Crippen LogP contribution in [0.5, 0.6) is 0 Å². The molecule has 2 N–H and O–H groups in total. The maximum Gasteiger partial charge on any atom is 0.242 e. The Labute approximate surface area is 141 Å². The first-order chi connectivity index (χ1) is 10.9. The van der Waals surface area contributed by atoms with Crippen LogP contribution < -0.4 is 5.73 Å². The molecule has 132 valence electrons. The van der Waals surface area contributed by atoms with E-state index in [1.165, 1.54) is 64.6 Å². The van der Waals surface area contributed by atoms with Gasteiger partial charge in [-0.15, -0.1) is 0 Å². The standard InChI is InChI=1S/C19H35N3O/c1-18(2,20)17(23)22-12-10-19(15-22)9-6-11-21(14-19)13-16-7-4-3-5-8-16/h16H,3-15,20H2,1-2H3. The van der Waals surface area contributed by atoms with Crippen molar-refractivity contribution in [3.8, 4) is 0 Å². The molecule has 3 fully saturated rings. The fraction of sp³-hybridized carbons (Fsp3) is 0.947. The van der Waals surface area contributed by atoms with Gasteiger partial charge in [-0.2, -0.15) is 0 Å². The molecule has 1 aliphatic carbocycles. The predicted octanol–water partition coefficient (Wildman–Crippen LogP) is 2.62. The average molecular weight is 322 g/mol. The Balaban J connectivity index is 1.56. The lowest BCUT2D eigenvalue weighted by molar-refractivity contribution is -0.135. The number of amides is 1. The molecule has 2 heterocycles. The Morgan fingerprint density at radius 1 is 1.09 bits per heavy atom. The van der Waals surface area contributed by atoms with Crippen molar-refractivity contribution < 1.29 is 4.79 Å². The van der Waals surface area contributed by atoms with Crippen LogP contribution in [0, 0.1) is 11.3 Å². The second kappa shape index (κ2) is 6.72. The monoisotopic (exact) mass is 321 g/mol. The fourth-order valence-electron chi connectivity index (χ4n) is 5.05. The zero-order valence-corrected chi connectivity index (χ0v) is 15.1. The first kappa shape index (κ1) is 17.2. The molecule has 4 nitrogen and oxygen atoms in total. The quantitative estimate of drug-likeness (QED) is 0.869. The third kappa shape index (κ3) is 4.08. The predicted molar refractivity (Wildman–Crippen MR) is 94.1 cm³/mol. The first-order valence-electron chi connectivity index (χ1n) is 9.69. The number of rotatable bonds is 3. The van der Waals surface area contributed by atoms with Crippen LogP contribution in [0.2, 0.25) is 0 Å². The minimum Gasteiger partial charge on any atom is -0.340 e. The van der Waals surface area contributed by atoms with Crippen LogP contribution in [0.3, 0.4) is 0 Å². The van der Waals surface area contributed by atoms with Crippen molar-refractivity contribution in [1.82, 2.24) is 9.80 Å². The third-order valence-electron chi connectivity index (χ3n) is 6.26. The van der Waals surface area contributed by atoms with Crippen LogP contribution in [-0.2, 0) is 4.79 Å². The molecule has 2 saturated heterocycles. The highest BCUT2D eigenvalue weighted by atomic mass is 16.2. The third-order valence-corrected chi connectivity index (χ3v) is 6.26. The van der Waals surface area contributed by atoms with Gasteiger partial charge in [0.15, 0.2) is 0 Å². The molecular formula is C19H35N3O. The topological polar surface area (TPSA) is 49.6 Å². The van der Waals surface area contributed by atoms with E-state index in [2.05, 4.69) is 4.90 Å². The molecular weight excluding hydrogens is 286 g/mol. The highest BCUT2D eigenvalue weighted by molar-refractivity contribution is 5.85. The van der Waals surface area contributed by atoms with Crippen molar-refractivity contribution in [2.24, 2.45) is 17.1 Å². The first-order valence-corrected chi connectivity index (χ1v) is 9.69. The van der Waals surface area contributed by atoms with Gasteiger partial charge in [0.25, 0.3) is 0 Å². The van der Waals surface area contributed by atoms with Gasteiger partial charge in [-0.25, -0.2) is 0 Å². The lowest BCUT2D eigenvalue weighted by Gasteiger charge is -2.42. The van der Waals surface area contributed by atoms with E-state index in [1.54, 1.807) is 0 Å². The molecule has 1 spiro atoms. The normalized spacial score (nSPS) is 31.0. The summed E-state index contributed by atoms with van der Waals surface area (Å²) >= 11 is 0. The van der Waals surface area contributed by atoms with Gasteiger partial charge in [0, 0.05) is 31.6 Å². The van der Waals surface area contributed by atoms with E-state index in [0.717, 1.165) is 25.4 Å². The Morgan fingerprint density at radius 2 is 1.83 bits per heavy atom. The number of nitrogens with zero attached hydrogens (tertiary/aromatic N) is 2. The van der Waals surface area contributed by atoms with Gasteiger partial charge in [0.05, 0.1) is 5.54 Å².